The fourth-order valence-electron chi connectivity index (χ4n) is 2.03. The standard InChI is InChI=1S/C10H20BrNO3S/c1-15-6-7-16(13,14)12-10-5-3-2-4-9(10)8-11/h9-10,12H,2-8H2,1H3. The second-order valence-corrected chi connectivity index (χ2v) is 6.76. The van der Waals surface area contributed by atoms with E-state index in [1.165, 1.54) is 13.5 Å². The molecule has 1 rings (SSSR count). The molecule has 0 heterocycles. The number of hydrogen-bond acceptors (Lipinski definition) is 3. The van der Waals surface area contributed by atoms with E-state index in [-0.39, 0.29) is 18.4 Å². The van der Waals surface area contributed by atoms with Gasteiger partial charge in [0, 0.05) is 18.5 Å². The normalized spacial score (nSPS) is 26.9. The molecule has 0 radical (unpaired) electrons. The van der Waals surface area contributed by atoms with E-state index in [1.807, 2.05) is 0 Å². The molecule has 16 heavy (non-hydrogen) atoms. The quantitative estimate of drug-likeness (QED) is 0.756. The van der Waals surface area contributed by atoms with Gasteiger partial charge in [-0.1, -0.05) is 28.8 Å². The minimum Gasteiger partial charge on any atom is -0.384 e. The number of halogens is 1. The van der Waals surface area contributed by atoms with Crippen LogP contribution in [-0.4, -0.2) is 39.3 Å². The van der Waals surface area contributed by atoms with Gasteiger partial charge in [0.2, 0.25) is 10.0 Å². The Balaban J connectivity index is 2.50. The van der Waals surface area contributed by atoms with Gasteiger partial charge in [-0.25, -0.2) is 13.1 Å². The Hall–Kier alpha value is 0.350. The van der Waals surface area contributed by atoms with Gasteiger partial charge in [-0.2, -0.15) is 0 Å². The number of sulfonamides is 1. The lowest BCUT2D eigenvalue weighted by Crippen LogP contribution is -2.44. The molecule has 1 aliphatic carbocycles. The molecule has 6 heteroatoms. The van der Waals surface area contributed by atoms with Crippen molar-refractivity contribution >= 4 is 26.0 Å². The van der Waals surface area contributed by atoms with Crippen LogP contribution >= 0.6 is 15.9 Å². The van der Waals surface area contributed by atoms with E-state index in [0.29, 0.717) is 5.92 Å². The number of hydrogen-bond donors (Lipinski definition) is 1. The van der Waals surface area contributed by atoms with E-state index >= 15 is 0 Å². The SMILES string of the molecule is COCCS(=O)(=O)NC1CCCCC1CBr. The summed E-state index contributed by atoms with van der Waals surface area (Å²) in [5, 5.41) is 0.866. The maximum atomic E-state index is 11.7. The lowest BCUT2D eigenvalue weighted by atomic mass is 9.87. The molecule has 1 saturated carbocycles. The fourth-order valence-corrected chi connectivity index (χ4v) is 4.08. The molecule has 0 aromatic carbocycles. The van der Waals surface area contributed by atoms with Crippen molar-refractivity contribution in [2.24, 2.45) is 5.92 Å². The van der Waals surface area contributed by atoms with Crippen molar-refractivity contribution in [2.45, 2.75) is 31.7 Å². The Morgan fingerprint density at radius 2 is 2.06 bits per heavy atom. The molecule has 1 aliphatic rings. The molecule has 0 amide bonds. The maximum absolute atomic E-state index is 11.7. The van der Waals surface area contributed by atoms with Crippen LogP contribution in [0.25, 0.3) is 0 Å². The Kier molecular flexibility index (Phi) is 6.25. The Labute approximate surface area is 106 Å². The largest absolute Gasteiger partial charge is 0.384 e. The molecule has 2 unspecified atom stereocenters. The average Bonchev–Trinajstić information content (AvgIpc) is 2.27. The molecular formula is C10H20BrNO3S. The first-order valence-corrected chi connectivity index (χ1v) is 8.41. The summed E-state index contributed by atoms with van der Waals surface area (Å²) in [6, 6.07) is 0.0926. The van der Waals surface area contributed by atoms with Gasteiger partial charge in [-0.15, -0.1) is 0 Å². The molecule has 0 saturated heterocycles. The zero-order chi connectivity index (χ0) is 12.0. The molecule has 0 bridgehead atoms. The zero-order valence-corrected chi connectivity index (χ0v) is 12.0. The van der Waals surface area contributed by atoms with Crippen LogP contribution in [0.3, 0.4) is 0 Å². The smallest absolute Gasteiger partial charge is 0.214 e. The first kappa shape index (κ1) is 14.4. The van der Waals surface area contributed by atoms with Crippen molar-refractivity contribution in [1.29, 1.82) is 0 Å². The highest BCUT2D eigenvalue weighted by atomic mass is 79.9. The first-order valence-electron chi connectivity index (χ1n) is 5.64. The van der Waals surface area contributed by atoms with Gasteiger partial charge >= 0.3 is 0 Å². The third-order valence-corrected chi connectivity index (χ3v) is 5.19. The van der Waals surface area contributed by atoms with Crippen LogP contribution in [0.15, 0.2) is 0 Å². The van der Waals surface area contributed by atoms with Crippen LogP contribution in [-0.2, 0) is 14.8 Å². The summed E-state index contributed by atoms with van der Waals surface area (Å²) >= 11 is 3.45. The average molecular weight is 314 g/mol. The lowest BCUT2D eigenvalue weighted by molar-refractivity contribution is 0.216. The second-order valence-electron chi connectivity index (χ2n) is 4.23. The van der Waals surface area contributed by atoms with Crippen molar-refractivity contribution in [3.8, 4) is 0 Å². The van der Waals surface area contributed by atoms with Crippen LogP contribution in [0.4, 0.5) is 0 Å². The molecule has 4 nitrogen and oxygen atoms in total. The number of rotatable bonds is 6. The van der Waals surface area contributed by atoms with Gasteiger partial charge in [0.1, 0.15) is 0 Å². The summed E-state index contributed by atoms with van der Waals surface area (Å²) in [5.74, 6) is 0.473. The van der Waals surface area contributed by atoms with Gasteiger partial charge in [-0.3, -0.25) is 0 Å². The van der Waals surface area contributed by atoms with Crippen LogP contribution in [0.5, 0.6) is 0 Å². The van der Waals surface area contributed by atoms with E-state index in [9.17, 15) is 8.42 Å². The van der Waals surface area contributed by atoms with Gasteiger partial charge in [0.15, 0.2) is 0 Å². The third kappa shape index (κ3) is 4.69. The number of nitrogens with one attached hydrogen (secondary N) is 1. The molecule has 2 atom stereocenters. The fraction of sp³-hybridized carbons (Fsp3) is 1.00. The summed E-state index contributed by atoms with van der Waals surface area (Å²) in [5.41, 5.74) is 0. The summed E-state index contributed by atoms with van der Waals surface area (Å²) in [4.78, 5) is 0. The predicted octanol–water partition coefficient (Wildman–Crippen LogP) is 1.51. The molecule has 1 fully saturated rings. The minimum atomic E-state index is -3.18. The van der Waals surface area contributed by atoms with E-state index in [4.69, 9.17) is 4.74 Å². The van der Waals surface area contributed by atoms with Crippen molar-refractivity contribution in [3.05, 3.63) is 0 Å². The summed E-state index contributed by atoms with van der Waals surface area (Å²) in [7, 11) is -1.67. The topological polar surface area (TPSA) is 55.4 Å². The second kappa shape index (κ2) is 6.93. The van der Waals surface area contributed by atoms with E-state index < -0.39 is 10.0 Å². The van der Waals surface area contributed by atoms with Gasteiger partial charge < -0.3 is 4.74 Å². The molecule has 0 aromatic heterocycles. The number of alkyl halides is 1. The molecule has 1 N–H and O–H groups in total. The Bertz CT molecular complexity index is 294. The van der Waals surface area contributed by atoms with Crippen LogP contribution < -0.4 is 4.72 Å². The molecule has 0 aliphatic heterocycles. The number of ether oxygens (including phenoxy) is 1. The van der Waals surface area contributed by atoms with Crippen molar-refractivity contribution < 1.29 is 13.2 Å². The van der Waals surface area contributed by atoms with E-state index in [0.717, 1.165) is 24.6 Å². The first-order chi connectivity index (χ1) is 7.59. The van der Waals surface area contributed by atoms with E-state index in [2.05, 4.69) is 20.7 Å². The minimum absolute atomic E-state index is 0.0506. The highest BCUT2D eigenvalue weighted by molar-refractivity contribution is 9.09. The zero-order valence-electron chi connectivity index (χ0n) is 9.62. The maximum Gasteiger partial charge on any atom is 0.214 e. The van der Waals surface area contributed by atoms with Crippen LogP contribution in [0.2, 0.25) is 0 Å². The summed E-state index contributed by atoms with van der Waals surface area (Å²) in [6.45, 7) is 0.251. The predicted molar refractivity (Wildman–Crippen MR) is 68.3 cm³/mol. The monoisotopic (exact) mass is 313 g/mol. The lowest BCUT2D eigenvalue weighted by Gasteiger charge is -2.30. The third-order valence-electron chi connectivity index (χ3n) is 2.99. The Morgan fingerprint density at radius 1 is 1.38 bits per heavy atom. The van der Waals surface area contributed by atoms with Crippen LogP contribution in [0, 0.1) is 5.92 Å². The molecule has 0 spiro atoms. The van der Waals surface area contributed by atoms with Crippen molar-refractivity contribution in [3.63, 3.8) is 0 Å². The van der Waals surface area contributed by atoms with Gasteiger partial charge in [0.05, 0.1) is 12.4 Å². The van der Waals surface area contributed by atoms with Crippen molar-refractivity contribution in [1.82, 2.24) is 4.72 Å². The molecule has 0 aromatic rings. The van der Waals surface area contributed by atoms with E-state index in [1.54, 1.807) is 0 Å². The van der Waals surface area contributed by atoms with Crippen LogP contribution in [0.1, 0.15) is 25.7 Å². The van der Waals surface area contributed by atoms with Gasteiger partial charge in [-0.05, 0) is 18.8 Å². The molecule has 96 valence electrons. The van der Waals surface area contributed by atoms with Gasteiger partial charge in [0.25, 0.3) is 0 Å². The number of methoxy groups -OCH3 is 1. The van der Waals surface area contributed by atoms with Crippen molar-refractivity contribution in [2.75, 3.05) is 24.8 Å². The summed E-state index contributed by atoms with van der Waals surface area (Å²) in [6.07, 6.45) is 4.36. The molecular weight excluding hydrogens is 294 g/mol. The summed E-state index contributed by atoms with van der Waals surface area (Å²) < 4.78 is 31.0. The Morgan fingerprint density at radius 3 is 2.69 bits per heavy atom. The highest BCUT2D eigenvalue weighted by Gasteiger charge is 2.27. The highest BCUT2D eigenvalue weighted by Crippen LogP contribution is 2.26.